The van der Waals surface area contributed by atoms with Crippen molar-refractivity contribution in [1.29, 1.82) is 0 Å². The Labute approximate surface area is 103 Å². The summed E-state index contributed by atoms with van der Waals surface area (Å²) in [6.07, 6.45) is 2.48. The van der Waals surface area contributed by atoms with Gasteiger partial charge in [0.2, 0.25) is 0 Å². The van der Waals surface area contributed by atoms with Crippen molar-refractivity contribution >= 4 is 0 Å². The van der Waals surface area contributed by atoms with Gasteiger partial charge in [-0.1, -0.05) is 26.7 Å². The van der Waals surface area contributed by atoms with Crippen LogP contribution in [0, 0.1) is 5.92 Å². The lowest BCUT2D eigenvalue weighted by Crippen LogP contribution is -2.34. The van der Waals surface area contributed by atoms with E-state index in [0.29, 0.717) is 24.8 Å². The monoisotopic (exact) mass is 241 g/mol. The number of aliphatic hydroxyl groups excluding tert-OH is 2. The van der Waals surface area contributed by atoms with Gasteiger partial charge < -0.3 is 19.9 Å². The Morgan fingerprint density at radius 3 is 2.47 bits per heavy atom. The van der Waals surface area contributed by atoms with E-state index in [-0.39, 0.29) is 6.10 Å². The fourth-order valence-electron chi connectivity index (χ4n) is 1.95. The summed E-state index contributed by atoms with van der Waals surface area (Å²) in [6, 6.07) is 3.49. The maximum atomic E-state index is 9.88. The summed E-state index contributed by atoms with van der Waals surface area (Å²) in [6.45, 7) is 5.05. The highest BCUT2D eigenvalue weighted by molar-refractivity contribution is 5.02. The molecule has 1 heterocycles. The molecule has 3 N–H and O–H groups in total. The van der Waals surface area contributed by atoms with Crippen LogP contribution in [0.15, 0.2) is 22.8 Å². The van der Waals surface area contributed by atoms with E-state index in [0.717, 1.165) is 12.8 Å². The summed E-state index contributed by atoms with van der Waals surface area (Å²) < 4.78 is 5.09. The molecule has 2 unspecified atom stereocenters. The van der Waals surface area contributed by atoms with E-state index in [9.17, 15) is 10.2 Å². The smallest absolute Gasteiger partial charge is 0.133 e. The van der Waals surface area contributed by atoms with Gasteiger partial charge in [-0.05, 0) is 18.1 Å². The summed E-state index contributed by atoms with van der Waals surface area (Å²) in [5.74, 6) is 0.873. The molecule has 1 rings (SSSR count). The van der Waals surface area contributed by atoms with Gasteiger partial charge in [0.25, 0.3) is 0 Å². The molecular weight excluding hydrogens is 218 g/mol. The van der Waals surface area contributed by atoms with Crippen LogP contribution in [0.3, 0.4) is 0 Å². The van der Waals surface area contributed by atoms with Crippen LogP contribution in [0.2, 0.25) is 0 Å². The van der Waals surface area contributed by atoms with Crippen molar-refractivity contribution in [3.8, 4) is 0 Å². The van der Waals surface area contributed by atoms with Crippen LogP contribution in [0.25, 0.3) is 0 Å². The van der Waals surface area contributed by atoms with E-state index in [2.05, 4.69) is 19.2 Å². The second kappa shape index (κ2) is 7.48. The van der Waals surface area contributed by atoms with Gasteiger partial charge in [0.05, 0.1) is 12.4 Å². The van der Waals surface area contributed by atoms with E-state index in [1.165, 1.54) is 6.26 Å². The first kappa shape index (κ1) is 14.2. The molecule has 0 spiro atoms. The molecule has 0 bridgehead atoms. The lowest BCUT2D eigenvalue weighted by molar-refractivity contribution is 0.0914. The number of aliphatic hydroxyl groups is 2. The molecule has 4 heteroatoms. The van der Waals surface area contributed by atoms with Gasteiger partial charge in [0.15, 0.2) is 0 Å². The molecule has 1 aromatic rings. The molecule has 98 valence electrons. The largest absolute Gasteiger partial charge is 0.467 e. The molecule has 0 aromatic carbocycles. The van der Waals surface area contributed by atoms with Gasteiger partial charge >= 0.3 is 0 Å². The highest BCUT2D eigenvalue weighted by atomic mass is 16.4. The molecule has 0 aliphatic rings. The number of nitrogens with one attached hydrogen (secondary N) is 1. The number of rotatable bonds is 8. The standard InChI is InChI=1S/C13H23NO3/c1-3-10(4-2)11(15)8-14-9-12(16)13-6-5-7-17-13/h5-7,10-12,14-16H,3-4,8-9H2,1-2H3. The van der Waals surface area contributed by atoms with Gasteiger partial charge in [-0.2, -0.15) is 0 Å². The Bertz CT molecular complexity index is 283. The fourth-order valence-corrected chi connectivity index (χ4v) is 1.95. The molecule has 0 aliphatic carbocycles. The van der Waals surface area contributed by atoms with E-state index in [4.69, 9.17) is 4.42 Å². The van der Waals surface area contributed by atoms with Crippen molar-refractivity contribution in [2.24, 2.45) is 5.92 Å². The zero-order chi connectivity index (χ0) is 12.7. The molecule has 0 saturated heterocycles. The average molecular weight is 241 g/mol. The topological polar surface area (TPSA) is 65.6 Å². The Hall–Kier alpha value is -0.840. The summed E-state index contributed by atoms with van der Waals surface area (Å²) in [4.78, 5) is 0. The van der Waals surface area contributed by atoms with Crippen molar-refractivity contribution in [1.82, 2.24) is 5.32 Å². The lowest BCUT2D eigenvalue weighted by Gasteiger charge is -2.21. The zero-order valence-corrected chi connectivity index (χ0v) is 10.6. The van der Waals surface area contributed by atoms with Crippen molar-refractivity contribution in [3.63, 3.8) is 0 Å². The van der Waals surface area contributed by atoms with Crippen molar-refractivity contribution < 1.29 is 14.6 Å². The number of furan rings is 1. The predicted molar refractivity (Wildman–Crippen MR) is 66.6 cm³/mol. The minimum Gasteiger partial charge on any atom is -0.467 e. The van der Waals surface area contributed by atoms with E-state index >= 15 is 0 Å². The third-order valence-corrected chi connectivity index (χ3v) is 3.16. The summed E-state index contributed by atoms with van der Waals surface area (Å²) >= 11 is 0. The van der Waals surface area contributed by atoms with Gasteiger partial charge in [0.1, 0.15) is 11.9 Å². The Morgan fingerprint density at radius 2 is 1.94 bits per heavy atom. The van der Waals surface area contributed by atoms with Crippen molar-refractivity contribution in [2.75, 3.05) is 13.1 Å². The van der Waals surface area contributed by atoms with Gasteiger partial charge in [-0.3, -0.25) is 0 Å². The highest BCUT2D eigenvalue weighted by Crippen LogP contribution is 2.14. The average Bonchev–Trinajstić information content (AvgIpc) is 2.84. The van der Waals surface area contributed by atoms with Crippen LogP contribution >= 0.6 is 0 Å². The lowest BCUT2D eigenvalue weighted by atomic mass is 9.96. The van der Waals surface area contributed by atoms with Gasteiger partial charge in [-0.15, -0.1) is 0 Å². The maximum Gasteiger partial charge on any atom is 0.133 e. The molecule has 4 nitrogen and oxygen atoms in total. The maximum absolute atomic E-state index is 9.88. The molecule has 0 fully saturated rings. The molecule has 0 saturated carbocycles. The zero-order valence-electron chi connectivity index (χ0n) is 10.6. The molecular formula is C13H23NO3. The van der Waals surface area contributed by atoms with Crippen LogP contribution in [0.4, 0.5) is 0 Å². The molecule has 0 radical (unpaired) electrons. The molecule has 17 heavy (non-hydrogen) atoms. The molecule has 0 aliphatic heterocycles. The van der Waals surface area contributed by atoms with Crippen LogP contribution in [-0.2, 0) is 0 Å². The summed E-state index contributed by atoms with van der Waals surface area (Å²) in [5.41, 5.74) is 0. The second-order valence-electron chi connectivity index (χ2n) is 4.33. The summed E-state index contributed by atoms with van der Waals surface area (Å²) in [7, 11) is 0. The first-order chi connectivity index (χ1) is 8.19. The molecule has 0 amide bonds. The second-order valence-corrected chi connectivity index (χ2v) is 4.33. The van der Waals surface area contributed by atoms with Gasteiger partial charge in [0, 0.05) is 13.1 Å². The minimum atomic E-state index is -0.654. The van der Waals surface area contributed by atoms with Crippen LogP contribution in [-0.4, -0.2) is 29.4 Å². The Balaban J connectivity index is 2.23. The predicted octanol–water partition coefficient (Wildman–Crippen LogP) is 1.70. The quantitative estimate of drug-likeness (QED) is 0.648. The summed E-state index contributed by atoms with van der Waals surface area (Å²) in [5, 5.41) is 22.7. The fraction of sp³-hybridized carbons (Fsp3) is 0.692. The number of hydrogen-bond donors (Lipinski definition) is 3. The van der Waals surface area contributed by atoms with Crippen LogP contribution in [0.5, 0.6) is 0 Å². The third-order valence-electron chi connectivity index (χ3n) is 3.16. The van der Waals surface area contributed by atoms with Crippen LogP contribution < -0.4 is 5.32 Å². The van der Waals surface area contributed by atoms with Crippen molar-refractivity contribution in [3.05, 3.63) is 24.2 Å². The van der Waals surface area contributed by atoms with E-state index in [1.807, 2.05) is 0 Å². The van der Waals surface area contributed by atoms with Crippen molar-refractivity contribution in [2.45, 2.75) is 38.9 Å². The molecule has 2 atom stereocenters. The first-order valence-electron chi connectivity index (χ1n) is 6.29. The van der Waals surface area contributed by atoms with Crippen LogP contribution in [0.1, 0.15) is 38.6 Å². The molecule has 1 aromatic heterocycles. The Morgan fingerprint density at radius 1 is 1.24 bits per heavy atom. The Kier molecular flexibility index (Phi) is 6.26. The SMILES string of the molecule is CCC(CC)C(O)CNCC(O)c1ccco1. The normalized spacial score (nSPS) is 15.1. The third kappa shape index (κ3) is 4.50. The first-order valence-corrected chi connectivity index (χ1v) is 6.29. The van der Waals surface area contributed by atoms with E-state index < -0.39 is 6.10 Å². The number of hydrogen-bond acceptors (Lipinski definition) is 4. The van der Waals surface area contributed by atoms with E-state index in [1.54, 1.807) is 12.1 Å². The van der Waals surface area contributed by atoms with Gasteiger partial charge in [-0.25, -0.2) is 0 Å². The highest BCUT2D eigenvalue weighted by Gasteiger charge is 2.16. The minimum absolute atomic E-state index is 0.322.